The molecule has 2 aromatic heterocycles. The third kappa shape index (κ3) is 3.74. The van der Waals surface area contributed by atoms with Crippen LogP contribution in [0.4, 0.5) is 5.82 Å². The first-order chi connectivity index (χ1) is 15.7. The number of methoxy groups -OCH3 is 2. The summed E-state index contributed by atoms with van der Waals surface area (Å²) in [5.74, 6) is 2.21. The first-order valence-electron chi connectivity index (χ1n) is 10.8. The van der Waals surface area contributed by atoms with E-state index in [2.05, 4.69) is 31.4 Å². The summed E-state index contributed by atoms with van der Waals surface area (Å²) < 4.78 is 10.8. The van der Waals surface area contributed by atoms with Gasteiger partial charge in [-0.25, -0.2) is 0 Å². The number of nitrogens with zero attached hydrogens (tertiary/aromatic N) is 5. The zero-order valence-corrected chi connectivity index (χ0v) is 18.3. The van der Waals surface area contributed by atoms with Crippen LogP contribution in [0.3, 0.4) is 0 Å². The van der Waals surface area contributed by atoms with Crippen molar-refractivity contribution in [3.63, 3.8) is 0 Å². The van der Waals surface area contributed by atoms with Gasteiger partial charge in [0.15, 0.2) is 5.82 Å². The van der Waals surface area contributed by atoms with Gasteiger partial charge in [-0.05, 0) is 55.2 Å². The third-order valence-electron chi connectivity index (χ3n) is 6.19. The van der Waals surface area contributed by atoms with Crippen molar-refractivity contribution >= 4 is 11.7 Å². The largest absolute Gasteiger partial charge is 0.497 e. The summed E-state index contributed by atoms with van der Waals surface area (Å²) in [7, 11) is 3.22. The molecule has 166 valence electrons. The number of carbonyl (C=O) groups excluding carboxylic acids is 1. The Hall–Kier alpha value is -3.62. The molecule has 1 fully saturated rings. The standard InChI is InChI=1S/C23H26N6O3/c1-31-16-6-7-21(32-2)17(13-16)19-14-20(26-25-19)23(30)29-10-8-28(9-11-29)22-12-15-4-3-5-18(15)24-27-22/h6-7,12-14H,3-5,8-11H2,1-2H3,(H,25,26). The fraction of sp³-hybridized carbons (Fsp3) is 0.391. The Bertz CT molecular complexity index is 1140. The highest BCUT2D eigenvalue weighted by atomic mass is 16.5. The summed E-state index contributed by atoms with van der Waals surface area (Å²) in [5.41, 5.74) is 4.30. The monoisotopic (exact) mass is 434 g/mol. The van der Waals surface area contributed by atoms with E-state index >= 15 is 0 Å². The number of nitrogens with one attached hydrogen (secondary N) is 1. The zero-order chi connectivity index (χ0) is 22.1. The van der Waals surface area contributed by atoms with Crippen molar-refractivity contribution in [1.29, 1.82) is 0 Å². The molecule has 32 heavy (non-hydrogen) atoms. The number of aromatic amines is 1. The smallest absolute Gasteiger partial charge is 0.272 e. The number of rotatable bonds is 5. The Morgan fingerprint density at radius 1 is 1.00 bits per heavy atom. The van der Waals surface area contributed by atoms with Crippen LogP contribution in [0.2, 0.25) is 0 Å². The number of anilines is 1. The van der Waals surface area contributed by atoms with E-state index in [0.29, 0.717) is 36.0 Å². The van der Waals surface area contributed by atoms with Gasteiger partial charge >= 0.3 is 0 Å². The number of benzene rings is 1. The summed E-state index contributed by atoms with van der Waals surface area (Å²) >= 11 is 0. The minimum atomic E-state index is -0.0645. The lowest BCUT2D eigenvalue weighted by Crippen LogP contribution is -2.49. The topological polar surface area (TPSA) is 96.5 Å². The highest BCUT2D eigenvalue weighted by molar-refractivity contribution is 5.93. The number of amides is 1. The molecule has 3 heterocycles. The molecule has 1 aromatic carbocycles. The first-order valence-corrected chi connectivity index (χ1v) is 10.8. The van der Waals surface area contributed by atoms with Crippen LogP contribution in [0, 0.1) is 0 Å². The normalized spacial score (nSPS) is 15.6. The highest BCUT2D eigenvalue weighted by Gasteiger charge is 2.26. The van der Waals surface area contributed by atoms with Crippen LogP contribution in [-0.2, 0) is 12.8 Å². The average Bonchev–Trinajstić information content (AvgIpc) is 3.52. The maximum Gasteiger partial charge on any atom is 0.272 e. The second-order valence-electron chi connectivity index (χ2n) is 8.04. The maximum atomic E-state index is 13.1. The fourth-order valence-corrected chi connectivity index (χ4v) is 4.36. The molecule has 0 saturated carbocycles. The van der Waals surface area contributed by atoms with E-state index in [1.165, 1.54) is 5.56 Å². The summed E-state index contributed by atoms with van der Waals surface area (Å²) in [6.45, 7) is 2.69. The van der Waals surface area contributed by atoms with Gasteiger partial charge in [0.05, 0.1) is 25.6 Å². The number of hydrogen-bond acceptors (Lipinski definition) is 7. The molecule has 1 amide bonds. The predicted octanol–water partition coefficient (Wildman–Crippen LogP) is 2.33. The molecule has 0 atom stereocenters. The van der Waals surface area contributed by atoms with Crippen LogP contribution in [0.1, 0.15) is 28.2 Å². The summed E-state index contributed by atoms with van der Waals surface area (Å²) in [6.07, 6.45) is 3.26. The van der Waals surface area contributed by atoms with Gasteiger partial charge in [0, 0.05) is 31.7 Å². The molecular formula is C23H26N6O3. The summed E-state index contributed by atoms with van der Waals surface area (Å²) in [5, 5.41) is 16.0. The van der Waals surface area contributed by atoms with Gasteiger partial charge < -0.3 is 19.3 Å². The molecule has 5 rings (SSSR count). The summed E-state index contributed by atoms with van der Waals surface area (Å²) in [6, 6.07) is 9.42. The van der Waals surface area contributed by atoms with Gasteiger partial charge in [0.2, 0.25) is 0 Å². The zero-order valence-electron chi connectivity index (χ0n) is 18.3. The maximum absolute atomic E-state index is 13.1. The molecule has 0 spiro atoms. The van der Waals surface area contributed by atoms with Gasteiger partial charge in [-0.2, -0.15) is 10.2 Å². The fourth-order valence-electron chi connectivity index (χ4n) is 4.36. The lowest BCUT2D eigenvalue weighted by molar-refractivity contribution is 0.0740. The number of carbonyl (C=O) groups is 1. The van der Waals surface area contributed by atoms with Crippen molar-refractivity contribution in [2.45, 2.75) is 19.3 Å². The Morgan fingerprint density at radius 2 is 1.84 bits per heavy atom. The van der Waals surface area contributed by atoms with Gasteiger partial charge in [-0.1, -0.05) is 0 Å². The van der Waals surface area contributed by atoms with Crippen molar-refractivity contribution < 1.29 is 14.3 Å². The number of fused-ring (bicyclic) bond motifs is 1. The van der Waals surface area contributed by atoms with E-state index < -0.39 is 0 Å². The van der Waals surface area contributed by atoms with Crippen molar-refractivity contribution in [2.75, 3.05) is 45.3 Å². The number of aryl methyl sites for hydroxylation is 2. The van der Waals surface area contributed by atoms with Gasteiger partial charge in [0.25, 0.3) is 5.91 Å². The minimum absolute atomic E-state index is 0.0645. The molecule has 0 radical (unpaired) electrons. The van der Waals surface area contributed by atoms with Gasteiger partial charge in [-0.3, -0.25) is 9.89 Å². The van der Waals surface area contributed by atoms with E-state index in [0.717, 1.165) is 49.4 Å². The van der Waals surface area contributed by atoms with Crippen LogP contribution in [-0.4, -0.2) is 71.6 Å². The van der Waals surface area contributed by atoms with Crippen molar-refractivity contribution in [1.82, 2.24) is 25.3 Å². The number of piperazine rings is 1. The highest BCUT2D eigenvalue weighted by Crippen LogP contribution is 2.32. The Labute approximate surface area is 186 Å². The van der Waals surface area contributed by atoms with E-state index in [1.807, 2.05) is 23.1 Å². The minimum Gasteiger partial charge on any atom is -0.497 e. The van der Waals surface area contributed by atoms with E-state index in [9.17, 15) is 4.79 Å². The molecule has 9 nitrogen and oxygen atoms in total. The first kappa shape index (κ1) is 20.3. The molecule has 1 aliphatic heterocycles. The SMILES string of the molecule is COc1ccc(OC)c(-c2cc(C(=O)N3CCN(c4cc5c(nn4)CCC5)CC3)[nH]n2)c1. The number of H-pyrrole nitrogens is 1. The lowest BCUT2D eigenvalue weighted by Gasteiger charge is -2.35. The Kier molecular flexibility index (Phi) is 5.38. The molecule has 2 aliphatic rings. The second-order valence-corrected chi connectivity index (χ2v) is 8.04. The van der Waals surface area contributed by atoms with E-state index in [4.69, 9.17) is 9.47 Å². The van der Waals surface area contributed by atoms with Gasteiger partial charge in [0.1, 0.15) is 17.2 Å². The number of aromatic nitrogens is 4. The molecule has 1 aliphatic carbocycles. The van der Waals surface area contributed by atoms with Gasteiger partial charge in [-0.15, -0.1) is 5.10 Å². The van der Waals surface area contributed by atoms with E-state index in [1.54, 1.807) is 20.3 Å². The quantitative estimate of drug-likeness (QED) is 0.658. The summed E-state index contributed by atoms with van der Waals surface area (Å²) in [4.78, 5) is 17.1. The second kappa shape index (κ2) is 8.49. The lowest BCUT2D eigenvalue weighted by atomic mass is 10.1. The molecular weight excluding hydrogens is 408 g/mol. The van der Waals surface area contributed by atoms with Crippen molar-refractivity contribution in [3.05, 3.63) is 47.3 Å². The Balaban J connectivity index is 1.27. The van der Waals surface area contributed by atoms with Crippen molar-refractivity contribution in [2.24, 2.45) is 0 Å². The third-order valence-corrected chi connectivity index (χ3v) is 6.19. The van der Waals surface area contributed by atoms with E-state index in [-0.39, 0.29) is 5.91 Å². The molecule has 9 heteroatoms. The number of ether oxygens (including phenoxy) is 2. The van der Waals surface area contributed by atoms with Crippen LogP contribution in [0.25, 0.3) is 11.3 Å². The molecule has 3 aromatic rings. The molecule has 1 N–H and O–H groups in total. The van der Waals surface area contributed by atoms with Crippen molar-refractivity contribution in [3.8, 4) is 22.8 Å². The number of hydrogen-bond donors (Lipinski definition) is 1. The van der Waals surface area contributed by atoms with Crippen LogP contribution in [0.5, 0.6) is 11.5 Å². The average molecular weight is 435 g/mol. The van der Waals surface area contributed by atoms with Crippen LogP contribution >= 0.6 is 0 Å². The van der Waals surface area contributed by atoms with Crippen LogP contribution < -0.4 is 14.4 Å². The molecule has 0 unspecified atom stereocenters. The molecule has 1 saturated heterocycles. The Morgan fingerprint density at radius 3 is 2.62 bits per heavy atom. The van der Waals surface area contributed by atoms with Crippen LogP contribution in [0.15, 0.2) is 30.3 Å². The molecule has 0 bridgehead atoms. The predicted molar refractivity (Wildman–Crippen MR) is 119 cm³/mol.